The van der Waals surface area contributed by atoms with Crippen LogP contribution >= 0.6 is 11.8 Å². The Labute approximate surface area is 79.6 Å². The molecule has 4 nitrogen and oxygen atoms in total. The maximum atomic E-state index is 11.5. The number of rotatable bonds is 0. The van der Waals surface area contributed by atoms with Crippen molar-refractivity contribution in [3.63, 3.8) is 0 Å². The minimum Gasteiger partial charge on any atom is -0.502 e. The summed E-state index contributed by atoms with van der Waals surface area (Å²) in [5.41, 5.74) is 0.126. The van der Waals surface area contributed by atoms with Gasteiger partial charge in [0.25, 0.3) is 5.56 Å². The summed E-state index contributed by atoms with van der Waals surface area (Å²) >= 11 is 1.76. The van der Waals surface area contributed by atoms with E-state index in [9.17, 15) is 9.90 Å². The maximum absolute atomic E-state index is 11.5. The van der Waals surface area contributed by atoms with Gasteiger partial charge in [0, 0.05) is 12.3 Å². The van der Waals surface area contributed by atoms with Gasteiger partial charge >= 0.3 is 0 Å². The maximum Gasteiger partial charge on any atom is 0.296 e. The lowest BCUT2D eigenvalue weighted by molar-refractivity contribution is 0.444. The van der Waals surface area contributed by atoms with E-state index >= 15 is 0 Å². The fourth-order valence-electron chi connectivity index (χ4n) is 1.37. The molecule has 0 saturated carbocycles. The largest absolute Gasteiger partial charge is 0.502 e. The van der Waals surface area contributed by atoms with Crippen LogP contribution in [0.1, 0.15) is 11.5 Å². The quantitative estimate of drug-likeness (QED) is 0.659. The number of aryl methyl sites for hydroxylation is 1. The monoisotopic (exact) mass is 198 g/mol. The van der Waals surface area contributed by atoms with Gasteiger partial charge in [-0.3, -0.25) is 9.36 Å². The van der Waals surface area contributed by atoms with Gasteiger partial charge in [-0.1, -0.05) is 0 Å². The van der Waals surface area contributed by atoms with E-state index in [4.69, 9.17) is 0 Å². The van der Waals surface area contributed by atoms with Crippen LogP contribution in [0.15, 0.2) is 4.79 Å². The van der Waals surface area contributed by atoms with Gasteiger partial charge in [0.15, 0.2) is 0 Å². The third kappa shape index (κ3) is 1.33. The van der Waals surface area contributed by atoms with Crippen LogP contribution in [-0.4, -0.2) is 20.4 Å². The molecule has 13 heavy (non-hydrogen) atoms. The van der Waals surface area contributed by atoms with E-state index < -0.39 is 0 Å². The molecule has 1 aromatic rings. The van der Waals surface area contributed by atoms with Crippen LogP contribution in [0, 0.1) is 6.92 Å². The second-order valence-electron chi connectivity index (χ2n) is 2.97. The Balaban J connectivity index is 2.68. The van der Waals surface area contributed by atoms with Crippen LogP contribution in [-0.2, 0) is 12.3 Å². The topological polar surface area (TPSA) is 55.1 Å². The third-order valence-electron chi connectivity index (χ3n) is 2.09. The van der Waals surface area contributed by atoms with Crippen molar-refractivity contribution in [3.05, 3.63) is 21.9 Å². The molecule has 1 aliphatic rings. The van der Waals surface area contributed by atoms with Gasteiger partial charge in [0.2, 0.25) is 5.75 Å². The van der Waals surface area contributed by atoms with E-state index in [1.165, 1.54) is 0 Å². The van der Waals surface area contributed by atoms with Crippen molar-refractivity contribution in [1.82, 2.24) is 9.55 Å². The average molecular weight is 198 g/mol. The lowest BCUT2D eigenvalue weighted by atomic mass is 10.4. The summed E-state index contributed by atoms with van der Waals surface area (Å²) in [6.07, 6.45) is 0. The normalized spacial score (nSPS) is 15.5. The van der Waals surface area contributed by atoms with Crippen molar-refractivity contribution in [3.8, 4) is 5.75 Å². The molecule has 70 valence electrons. The van der Waals surface area contributed by atoms with Crippen molar-refractivity contribution in [2.45, 2.75) is 19.2 Å². The summed E-state index contributed by atoms with van der Waals surface area (Å²) in [5, 5.41) is 9.36. The number of hydrogen-bond acceptors (Lipinski definition) is 4. The molecule has 1 aromatic heterocycles. The Morgan fingerprint density at radius 2 is 2.38 bits per heavy atom. The van der Waals surface area contributed by atoms with E-state index in [-0.39, 0.29) is 11.3 Å². The van der Waals surface area contributed by atoms with Crippen molar-refractivity contribution >= 4 is 11.8 Å². The molecular formula is C8H10N2O2S. The molecular weight excluding hydrogens is 188 g/mol. The Morgan fingerprint density at radius 1 is 1.62 bits per heavy atom. The highest BCUT2D eigenvalue weighted by Gasteiger charge is 2.15. The van der Waals surface area contributed by atoms with E-state index in [2.05, 4.69) is 4.98 Å². The fourth-order valence-corrected chi connectivity index (χ4v) is 2.23. The molecule has 0 spiro atoms. The second-order valence-corrected chi connectivity index (χ2v) is 4.08. The highest BCUT2D eigenvalue weighted by Crippen LogP contribution is 2.18. The molecule has 0 aliphatic carbocycles. The zero-order chi connectivity index (χ0) is 9.42. The minimum absolute atomic E-state index is 0.212. The van der Waals surface area contributed by atoms with Gasteiger partial charge in [-0.2, -0.15) is 11.8 Å². The van der Waals surface area contributed by atoms with Gasteiger partial charge in [-0.15, -0.1) is 0 Å². The minimum atomic E-state index is -0.303. The van der Waals surface area contributed by atoms with Crippen molar-refractivity contribution < 1.29 is 5.11 Å². The van der Waals surface area contributed by atoms with E-state index in [1.807, 2.05) is 0 Å². The summed E-state index contributed by atoms with van der Waals surface area (Å²) < 4.78 is 1.55. The zero-order valence-electron chi connectivity index (χ0n) is 7.28. The number of thioether (sulfide) groups is 1. The Morgan fingerprint density at radius 3 is 3.15 bits per heavy atom. The molecule has 0 saturated heterocycles. The summed E-state index contributed by atoms with van der Waals surface area (Å²) in [7, 11) is 0. The highest BCUT2D eigenvalue weighted by molar-refractivity contribution is 7.98. The first-order valence-corrected chi connectivity index (χ1v) is 5.22. The van der Waals surface area contributed by atoms with Crippen molar-refractivity contribution in [2.24, 2.45) is 0 Å². The number of aromatic hydroxyl groups is 1. The van der Waals surface area contributed by atoms with Crippen LogP contribution < -0.4 is 5.56 Å². The number of nitrogens with zero attached hydrogens (tertiary/aromatic N) is 2. The highest BCUT2D eigenvalue weighted by atomic mass is 32.2. The number of hydrogen-bond donors (Lipinski definition) is 1. The Hall–Kier alpha value is -0.970. The molecule has 0 bridgehead atoms. The molecule has 1 aliphatic heterocycles. The van der Waals surface area contributed by atoms with Crippen LogP contribution in [0.3, 0.4) is 0 Å². The SMILES string of the molecule is Cc1nc2n(c(=O)c1O)CCSC2. The first kappa shape index (κ1) is 8.62. The zero-order valence-corrected chi connectivity index (χ0v) is 8.10. The Kier molecular flexibility index (Phi) is 2.03. The smallest absolute Gasteiger partial charge is 0.296 e. The third-order valence-corrected chi connectivity index (χ3v) is 3.02. The molecule has 1 N–H and O–H groups in total. The summed E-state index contributed by atoms with van der Waals surface area (Å²) in [6.45, 7) is 2.30. The van der Waals surface area contributed by atoms with Gasteiger partial charge in [-0.25, -0.2) is 4.98 Å². The number of fused-ring (bicyclic) bond motifs is 1. The van der Waals surface area contributed by atoms with Crippen LogP contribution in [0.25, 0.3) is 0 Å². The van der Waals surface area contributed by atoms with Crippen molar-refractivity contribution in [2.75, 3.05) is 5.75 Å². The molecule has 2 rings (SSSR count). The summed E-state index contributed by atoms with van der Waals surface area (Å²) in [5.74, 6) is 2.24. The van der Waals surface area contributed by atoms with Crippen LogP contribution in [0.2, 0.25) is 0 Å². The predicted molar refractivity (Wildman–Crippen MR) is 51.1 cm³/mol. The average Bonchev–Trinajstić information content (AvgIpc) is 2.15. The molecule has 0 aromatic carbocycles. The van der Waals surface area contributed by atoms with E-state index in [0.29, 0.717) is 12.2 Å². The predicted octanol–water partition coefficient (Wildman–Crippen LogP) is 0.504. The standard InChI is InChI=1S/C8H10N2O2S/c1-5-7(11)8(12)10-2-3-13-4-6(10)9-5/h11H,2-4H2,1H3. The van der Waals surface area contributed by atoms with Crippen molar-refractivity contribution in [1.29, 1.82) is 0 Å². The first-order valence-electron chi connectivity index (χ1n) is 4.07. The lowest BCUT2D eigenvalue weighted by Crippen LogP contribution is -2.28. The molecule has 0 atom stereocenters. The fraction of sp³-hybridized carbons (Fsp3) is 0.500. The van der Waals surface area contributed by atoms with Gasteiger partial charge in [0.1, 0.15) is 5.82 Å². The van der Waals surface area contributed by atoms with E-state index in [1.54, 1.807) is 23.3 Å². The van der Waals surface area contributed by atoms with E-state index in [0.717, 1.165) is 17.3 Å². The summed E-state index contributed by atoms with van der Waals surface area (Å²) in [6, 6.07) is 0. The molecule has 0 unspecified atom stereocenters. The molecule has 0 fully saturated rings. The second kappa shape index (κ2) is 3.06. The molecule has 2 heterocycles. The van der Waals surface area contributed by atoms with Gasteiger partial charge < -0.3 is 5.11 Å². The first-order chi connectivity index (χ1) is 6.20. The molecule has 5 heteroatoms. The van der Waals surface area contributed by atoms with Gasteiger partial charge in [-0.05, 0) is 6.92 Å². The van der Waals surface area contributed by atoms with Crippen LogP contribution in [0.5, 0.6) is 5.75 Å². The lowest BCUT2D eigenvalue weighted by Gasteiger charge is -2.17. The number of aromatic nitrogens is 2. The molecule has 0 radical (unpaired) electrons. The summed E-state index contributed by atoms with van der Waals surface area (Å²) in [4.78, 5) is 15.7. The molecule has 0 amide bonds. The van der Waals surface area contributed by atoms with Gasteiger partial charge in [0.05, 0.1) is 11.4 Å². The van der Waals surface area contributed by atoms with Crippen LogP contribution in [0.4, 0.5) is 0 Å². The Bertz CT molecular complexity index is 400.